The van der Waals surface area contributed by atoms with Gasteiger partial charge in [0, 0.05) is 26.2 Å². The highest BCUT2D eigenvalue weighted by molar-refractivity contribution is 5.67. The zero-order valence-corrected chi connectivity index (χ0v) is 9.47. The van der Waals surface area contributed by atoms with E-state index in [2.05, 4.69) is 0 Å². The van der Waals surface area contributed by atoms with Crippen LogP contribution in [0.4, 0.5) is 0 Å². The zero-order valence-electron chi connectivity index (χ0n) is 9.47. The van der Waals surface area contributed by atoms with Crippen LogP contribution < -0.4 is 0 Å². The normalized spacial score (nSPS) is 10.7. The number of aryl methyl sites for hydroxylation is 1. The van der Waals surface area contributed by atoms with Crippen LogP contribution in [0.5, 0.6) is 0 Å². The van der Waals surface area contributed by atoms with Crippen LogP contribution in [0, 0.1) is 0 Å². The summed E-state index contributed by atoms with van der Waals surface area (Å²) in [5, 5.41) is 8.55. The molecule has 1 rings (SSSR count). The Labute approximate surface area is 94.8 Å². The van der Waals surface area contributed by atoms with E-state index in [1.54, 1.807) is 14.2 Å². The Balaban J connectivity index is 2.63. The number of aliphatic carboxylic acids is 1. The molecule has 0 heterocycles. The van der Waals surface area contributed by atoms with Gasteiger partial charge in [-0.3, -0.25) is 4.79 Å². The molecule has 1 aromatic rings. The highest BCUT2D eigenvalue weighted by Gasteiger charge is 2.08. The molecule has 0 amide bonds. The molecular formula is C12H16O4. The first kappa shape index (κ1) is 12.7. The smallest absolute Gasteiger partial charge is 0.303 e. The van der Waals surface area contributed by atoms with Crippen molar-refractivity contribution in [3.63, 3.8) is 0 Å². The first-order chi connectivity index (χ1) is 7.67. The molecule has 4 nitrogen and oxygen atoms in total. The van der Waals surface area contributed by atoms with Gasteiger partial charge in [-0.1, -0.05) is 24.3 Å². The van der Waals surface area contributed by atoms with Crippen LogP contribution in [0.1, 0.15) is 23.8 Å². The first-order valence-electron chi connectivity index (χ1n) is 5.03. The van der Waals surface area contributed by atoms with E-state index in [0.29, 0.717) is 6.42 Å². The summed E-state index contributed by atoms with van der Waals surface area (Å²) in [5.74, 6) is -0.782. The van der Waals surface area contributed by atoms with Gasteiger partial charge in [0.2, 0.25) is 0 Å². The van der Waals surface area contributed by atoms with Crippen molar-refractivity contribution in [3.05, 3.63) is 35.4 Å². The van der Waals surface area contributed by atoms with Gasteiger partial charge in [-0.2, -0.15) is 0 Å². The maximum absolute atomic E-state index is 10.4. The van der Waals surface area contributed by atoms with Gasteiger partial charge < -0.3 is 14.6 Å². The molecule has 0 unspecified atom stereocenters. The number of carbonyl (C=O) groups is 1. The van der Waals surface area contributed by atoms with Gasteiger partial charge in [0.25, 0.3) is 0 Å². The largest absolute Gasteiger partial charge is 0.481 e. The topological polar surface area (TPSA) is 55.8 Å². The Morgan fingerprint density at radius 1 is 1.25 bits per heavy atom. The van der Waals surface area contributed by atoms with Crippen molar-refractivity contribution >= 4 is 5.97 Å². The van der Waals surface area contributed by atoms with Crippen molar-refractivity contribution < 1.29 is 19.4 Å². The van der Waals surface area contributed by atoms with Gasteiger partial charge in [-0.05, 0) is 12.0 Å². The SMILES string of the molecule is COC(OC)c1ccc(CCC(=O)O)cc1. The summed E-state index contributed by atoms with van der Waals surface area (Å²) < 4.78 is 10.2. The zero-order chi connectivity index (χ0) is 12.0. The van der Waals surface area contributed by atoms with Gasteiger partial charge in [0.05, 0.1) is 0 Å². The minimum absolute atomic E-state index is 0.150. The molecule has 0 saturated heterocycles. The molecule has 0 aliphatic heterocycles. The van der Waals surface area contributed by atoms with Gasteiger partial charge in [-0.15, -0.1) is 0 Å². The molecule has 0 atom stereocenters. The third kappa shape index (κ3) is 3.64. The van der Waals surface area contributed by atoms with Crippen LogP contribution in [0.15, 0.2) is 24.3 Å². The summed E-state index contributed by atoms with van der Waals surface area (Å²) in [6.45, 7) is 0. The van der Waals surface area contributed by atoms with Gasteiger partial charge in [0.1, 0.15) is 0 Å². The minimum Gasteiger partial charge on any atom is -0.481 e. The highest BCUT2D eigenvalue weighted by Crippen LogP contribution is 2.18. The molecule has 4 heteroatoms. The molecule has 0 fully saturated rings. The quantitative estimate of drug-likeness (QED) is 0.751. The fourth-order valence-corrected chi connectivity index (χ4v) is 1.46. The fourth-order valence-electron chi connectivity index (χ4n) is 1.46. The third-order valence-corrected chi connectivity index (χ3v) is 2.31. The Kier molecular flexibility index (Phi) is 4.95. The Morgan fingerprint density at radius 2 is 1.81 bits per heavy atom. The lowest BCUT2D eigenvalue weighted by Crippen LogP contribution is -2.03. The summed E-state index contributed by atoms with van der Waals surface area (Å²) in [6.07, 6.45) is 0.325. The number of carboxylic acid groups (broad SMARTS) is 1. The molecule has 0 radical (unpaired) electrons. The lowest BCUT2D eigenvalue weighted by Gasteiger charge is -2.13. The molecule has 1 aromatic carbocycles. The van der Waals surface area contributed by atoms with Crippen molar-refractivity contribution in [2.24, 2.45) is 0 Å². The van der Waals surface area contributed by atoms with E-state index in [1.165, 1.54) is 0 Å². The second-order valence-corrected chi connectivity index (χ2v) is 3.44. The van der Waals surface area contributed by atoms with Crippen molar-refractivity contribution in [1.82, 2.24) is 0 Å². The van der Waals surface area contributed by atoms with Crippen molar-refractivity contribution in [2.75, 3.05) is 14.2 Å². The molecular weight excluding hydrogens is 208 g/mol. The maximum Gasteiger partial charge on any atom is 0.303 e. The van der Waals surface area contributed by atoms with Crippen LogP contribution in [-0.4, -0.2) is 25.3 Å². The van der Waals surface area contributed by atoms with Gasteiger partial charge >= 0.3 is 5.97 Å². The Morgan fingerprint density at radius 3 is 2.25 bits per heavy atom. The minimum atomic E-state index is -0.782. The van der Waals surface area contributed by atoms with E-state index in [1.807, 2.05) is 24.3 Å². The van der Waals surface area contributed by atoms with Gasteiger partial charge in [0.15, 0.2) is 6.29 Å². The number of hydrogen-bond acceptors (Lipinski definition) is 3. The lowest BCUT2D eigenvalue weighted by atomic mass is 10.1. The summed E-state index contributed by atoms with van der Waals surface area (Å²) in [4.78, 5) is 10.4. The van der Waals surface area contributed by atoms with Crippen molar-refractivity contribution in [1.29, 1.82) is 0 Å². The van der Waals surface area contributed by atoms with Crippen LogP contribution in [0.3, 0.4) is 0 Å². The Bertz CT molecular complexity index is 327. The third-order valence-electron chi connectivity index (χ3n) is 2.31. The standard InChI is InChI=1S/C12H16O4/c1-15-12(16-2)10-6-3-9(4-7-10)5-8-11(13)14/h3-4,6-7,12H,5,8H2,1-2H3,(H,13,14). The second kappa shape index (κ2) is 6.25. The number of methoxy groups -OCH3 is 2. The van der Waals surface area contributed by atoms with E-state index < -0.39 is 5.97 Å². The van der Waals surface area contributed by atoms with Crippen molar-refractivity contribution in [3.8, 4) is 0 Å². The molecule has 0 aromatic heterocycles. The molecule has 0 spiro atoms. The highest BCUT2D eigenvalue weighted by atomic mass is 16.7. The second-order valence-electron chi connectivity index (χ2n) is 3.44. The predicted octanol–water partition coefficient (Wildman–Crippen LogP) is 2.00. The average Bonchev–Trinajstić information content (AvgIpc) is 2.29. The molecule has 0 aliphatic carbocycles. The van der Waals surface area contributed by atoms with Crippen molar-refractivity contribution in [2.45, 2.75) is 19.1 Å². The Hall–Kier alpha value is -1.39. The summed E-state index contributed by atoms with van der Waals surface area (Å²) >= 11 is 0. The average molecular weight is 224 g/mol. The molecule has 1 N–H and O–H groups in total. The molecule has 0 bridgehead atoms. The van der Waals surface area contributed by atoms with E-state index in [9.17, 15) is 4.79 Å². The number of ether oxygens (including phenoxy) is 2. The molecule has 0 aliphatic rings. The van der Waals surface area contributed by atoms with E-state index >= 15 is 0 Å². The number of hydrogen-bond donors (Lipinski definition) is 1. The summed E-state index contributed by atoms with van der Waals surface area (Å²) in [6, 6.07) is 7.55. The van der Waals surface area contributed by atoms with Crippen LogP contribution in [-0.2, 0) is 20.7 Å². The first-order valence-corrected chi connectivity index (χ1v) is 5.03. The van der Waals surface area contributed by atoms with E-state index in [0.717, 1.165) is 11.1 Å². The van der Waals surface area contributed by atoms with Crippen LogP contribution in [0.2, 0.25) is 0 Å². The van der Waals surface area contributed by atoms with Crippen LogP contribution >= 0.6 is 0 Å². The number of rotatable bonds is 6. The molecule has 0 saturated carbocycles. The van der Waals surface area contributed by atoms with Crippen LogP contribution in [0.25, 0.3) is 0 Å². The van der Waals surface area contributed by atoms with E-state index in [-0.39, 0.29) is 12.7 Å². The van der Waals surface area contributed by atoms with Gasteiger partial charge in [-0.25, -0.2) is 0 Å². The van der Waals surface area contributed by atoms with E-state index in [4.69, 9.17) is 14.6 Å². The lowest BCUT2D eigenvalue weighted by molar-refractivity contribution is -0.136. The fraction of sp³-hybridized carbons (Fsp3) is 0.417. The predicted molar refractivity (Wildman–Crippen MR) is 59.2 cm³/mol. The summed E-state index contributed by atoms with van der Waals surface area (Å²) in [5.41, 5.74) is 1.92. The number of carboxylic acids is 1. The maximum atomic E-state index is 10.4. The monoisotopic (exact) mass is 224 g/mol. The molecule has 16 heavy (non-hydrogen) atoms. The molecule has 88 valence electrons. The number of benzene rings is 1. The summed E-state index contributed by atoms with van der Waals surface area (Å²) in [7, 11) is 3.15.